The molecule has 0 aromatic heterocycles. The maximum atomic E-state index is 11.6. The number of nitrogens with zero attached hydrogens (tertiary/aromatic N) is 1. The summed E-state index contributed by atoms with van der Waals surface area (Å²) in [4.78, 5) is 56.8. The molecule has 0 aliphatic carbocycles. The van der Waals surface area contributed by atoms with Crippen LogP contribution in [0.5, 0.6) is 0 Å². The molecule has 0 aromatic carbocycles. The van der Waals surface area contributed by atoms with Gasteiger partial charge in [0.2, 0.25) is 17.7 Å². The first-order valence-electron chi connectivity index (χ1n) is 7.33. The van der Waals surface area contributed by atoms with E-state index in [1.165, 1.54) is 0 Å². The zero-order valence-electron chi connectivity index (χ0n) is 13.1. The number of hydrogen-bond acceptors (Lipinski definition) is 6. The Morgan fingerprint density at radius 3 is 2.25 bits per heavy atom. The highest BCUT2D eigenvalue weighted by molar-refractivity contribution is 6.13. The van der Waals surface area contributed by atoms with Crippen LogP contribution in [0.3, 0.4) is 0 Å². The zero-order chi connectivity index (χ0) is 17.9. The lowest BCUT2D eigenvalue weighted by Gasteiger charge is -2.13. The van der Waals surface area contributed by atoms with Crippen molar-refractivity contribution in [2.45, 2.75) is 12.8 Å². The van der Waals surface area contributed by atoms with Gasteiger partial charge in [0.15, 0.2) is 0 Å². The highest BCUT2D eigenvalue weighted by Gasteiger charge is 2.23. The lowest BCUT2D eigenvalue weighted by Crippen LogP contribution is -2.35. The summed E-state index contributed by atoms with van der Waals surface area (Å²) in [5.41, 5.74) is 4.87. The van der Waals surface area contributed by atoms with Crippen LogP contribution in [0.2, 0.25) is 0 Å². The summed E-state index contributed by atoms with van der Waals surface area (Å²) in [6.07, 6.45) is 2.41. The molecule has 0 fully saturated rings. The largest absolute Gasteiger partial charge is 0.379 e. The fourth-order valence-electron chi connectivity index (χ4n) is 1.76. The molecule has 1 rings (SSSR count). The number of carbonyl (C=O) groups excluding carboxylic acids is 5. The first-order chi connectivity index (χ1) is 11.4. The van der Waals surface area contributed by atoms with Gasteiger partial charge >= 0.3 is 0 Å². The van der Waals surface area contributed by atoms with Crippen LogP contribution in [0.4, 0.5) is 0 Å². The maximum absolute atomic E-state index is 11.6. The van der Waals surface area contributed by atoms with Crippen molar-refractivity contribution in [1.29, 1.82) is 0 Å². The average molecular weight is 340 g/mol. The molecule has 24 heavy (non-hydrogen) atoms. The molecule has 10 nitrogen and oxygen atoms in total. The Bertz CT molecular complexity index is 527. The van der Waals surface area contributed by atoms with Crippen LogP contribution in [0.1, 0.15) is 12.8 Å². The van der Waals surface area contributed by atoms with E-state index < -0.39 is 17.7 Å². The maximum Gasteiger partial charge on any atom is 0.253 e. The van der Waals surface area contributed by atoms with Gasteiger partial charge in [0.1, 0.15) is 0 Å². The third kappa shape index (κ3) is 7.49. The molecule has 5 amide bonds. The van der Waals surface area contributed by atoms with E-state index in [2.05, 4.69) is 10.6 Å². The molecule has 0 saturated carbocycles. The van der Waals surface area contributed by atoms with Crippen molar-refractivity contribution in [2.24, 2.45) is 5.73 Å². The lowest BCUT2D eigenvalue weighted by molar-refractivity contribution is -0.137. The average Bonchev–Trinajstić information content (AvgIpc) is 2.85. The van der Waals surface area contributed by atoms with Gasteiger partial charge in [0.25, 0.3) is 11.8 Å². The number of ether oxygens (including phenoxy) is 1. The zero-order valence-corrected chi connectivity index (χ0v) is 13.1. The molecule has 4 N–H and O–H groups in total. The van der Waals surface area contributed by atoms with Crippen molar-refractivity contribution in [1.82, 2.24) is 15.5 Å². The quantitative estimate of drug-likeness (QED) is 0.278. The standard InChI is InChI=1S/C14H20N4O6/c15-10(19)9-17-12(21)4-7-24-8-5-16-11(20)3-6-18-13(22)1-2-14(18)23/h1-2H,3-9H2,(H2,15,19)(H,16,20)(H,17,21). The monoisotopic (exact) mass is 340 g/mol. The molecule has 1 aliphatic heterocycles. The lowest BCUT2D eigenvalue weighted by atomic mass is 10.3. The Morgan fingerprint density at radius 2 is 1.62 bits per heavy atom. The van der Waals surface area contributed by atoms with Crippen LogP contribution in [0.25, 0.3) is 0 Å². The van der Waals surface area contributed by atoms with Gasteiger partial charge in [-0.15, -0.1) is 0 Å². The molecule has 1 heterocycles. The van der Waals surface area contributed by atoms with Gasteiger partial charge in [0.05, 0.1) is 19.8 Å². The minimum Gasteiger partial charge on any atom is -0.379 e. The number of primary amides is 1. The van der Waals surface area contributed by atoms with Gasteiger partial charge in [-0.2, -0.15) is 0 Å². The predicted molar refractivity (Wildman–Crippen MR) is 81.1 cm³/mol. The van der Waals surface area contributed by atoms with Crippen molar-refractivity contribution in [2.75, 3.05) is 32.8 Å². The van der Waals surface area contributed by atoms with Gasteiger partial charge in [-0.1, -0.05) is 0 Å². The number of imide groups is 1. The molecule has 0 saturated heterocycles. The molecule has 0 spiro atoms. The van der Waals surface area contributed by atoms with Crippen molar-refractivity contribution in [3.05, 3.63) is 12.2 Å². The number of carbonyl (C=O) groups is 5. The predicted octanol–water partition coefficient (Wildman–Crippen LogP) is -2.57. The molecule has 0 aromatic rings. The summed E-state index contributed by atoms with van der Waals surface area (Å²) in [6, 6.07) is 0. The Kier molecular flexibility index (Phi) is 8.13. The van der Waals surface area contributed by atoms with Crippen LogP contribution in [0, 0.1) is 0 Å². The summed E-state index contributed by atoms with van der Waals surface area (Å²) in [5, 5.41) is 4.88. The van der Waals surface area contributed by atoms with Gasteiger partial charge in [-0.3, -0.25) is 28.9 Å². The van der Waals surface area contributed by atoms with Gasteiger partial charge in [0, 0.05) is 38.1 Å². The summed E-state index contributed by atoms with van der Waals surface area (Å²) in [7, 11) is 0. The second kappa shape index (κ2) is 10.1. The van der Waals surface area contributed by atoms with Crippen molar-refractivity contribution in [3.63, 3.8) is 0 Å². The van der Waals surface area contributed by atoms with Crippen molar-refractivity contribution >= 4 is 29.5 Å². The van der Waals surface area contributed by atoms with Crippen molar-refractivity contribution in [3.8, 4) is 0 Å². The van der Waals surface area contributed by atoms with Gasteiger partial charge in [-0.05, 0) is 0 Å². The van der Waals surface area contributed by atoms with E-state index >= 15 is 0 Å². The molecular formula is C14H20N4O6. The van der Waals surface area contributed by atoms with E-state index in [9.17, 15) is 24.0 Å². The molecule has 0 atom stereocenters. The smallest absolute Gasteiger partial charge is 0.253 e. The van der Waals surface area contributed by atoms with E-state index in [1.807, 2.05) is 0 Å². The highest BCUT2D eigenvalue weighted by atomic mass is 16.5. The number of amides is 5. The fourth-order valence-corrected chi connectivity index (χ4v) is 1.76. The molecule has 1 aliphatic rings. The number of nitrogens with one attached hydrogen (secondary N) is 2. The van der Waals surface area contributed by atoms with Crippen LogP contribution in [-0.2, 0) is 28.7 Å². The minimum atomic E-state index is -0.625. The molecule has 0 bridgehead atoms. The first kappa shape index (κ1) is 19.3. The molecule has 0 unspecified atom stereocenters. The SMILES string of the molecule is NC(=O)CNC(=O)CCOCCNC(=O)CCN1C(=O)C=CC1=O. The van der Waals surface area contributed by atoms with E-state index in [0.29, 0.717) is 0 Å². The third-order valence-corrected chi connectivity index (χ3v) is 2.96. The minimum absolute atomic E-state index is 0.00861. The highest BCUT2D eigenvalue weighted by Crippen LogP contribution is 2.03. The normalized spacial score (nSPS) is 13.2. The molecule has 10 heteroatoms. The van der Waals surface area contributed by atoms with Crippen LogP contribution in [-0.4, -0.2) is 67.3 Å². The van der Waals surface area contributed by atoms with Crippen LogP contribution in [0.15, 0.2) is 12.2 Å². The molecular weight excluding hydrogens is 320 g/mol. The third-order valence-electron chi connectivity index (χ3n) is 2.96. The van der Waals surface area contributed by atoms with E-state index in [1.54, 1.807) is 0 Å². The van der Waals surface area contributed by atoms with Crippen molar-refractivity contribution < 1.29 is 28.7 Å². The fraction of sp³-hybridized carbons (Fsp3) is 0.500. The molecule has 0 radical (unpaired) electrons. The second-order valence-electron chi connectivity index (χ2n) is 4.87. The van der Waals surface area contributed by atoms with Crippen LogP contribution >= 0.6 is 0 Å². The van der Waals surface area contributed by atoms with Gasteiger partial charge < -0.3 is 21.1 Å². The van der Waals surface area contributed by atoms with E-state index in [-0.39, 0.29) is 57.5 Å². The summed E-state index contributed by atoms with van der Waals surface area (Å²) in [6.45, 7) is 0.395. The Morgan fingerprint density at radius 1 is 1.00 bits per heavy atom. The Hall–Kier alpha value is -2.75. The second-order valence-corrected chi connectivity index (χ2v) is 4.87. The van der Waals surface area contributed by atoms with Crippen LogP contribution < -0.4 is 16.4 Å². The van der Waals surface area contributed by atoms with E-state index in [0.717, 1.165) is 17.1 Å². The molecule has 132 valence electrons. The summed E-state index contributed by atoms with van der Waals surface area (Å²) in [5.74, 6) is -2.15. The van der Waals surface area contributed by atoms with E-state index in [4.69, 9.17) is 10.5 Å². The first-order valence-corrected chi connectivity index (χ1v) is 7.33. The number of rotatable bonds is 11. The summed E-state index contributed by atoms with van der Waals surface area (Å²) >= 11 is 0. The Labute approximate surface area is 138 Å². The topological polar surface area (TPSA) is 148 Å². The van der Waals surface area contributed by atoms with Gasteiger partial charge in [-0.25, -0.2) is 0 Å². The number of hydrogen-bond donors (Lipinski definition) is 3. The Balaban J connectivity index is 2.00. The number of nitrogens with two attached hydrogens (primary N) is 1. The summed E-state index contributed by atoms with van der Waals surface area (Å²) < 4.78 is 5.15.